The van der Waals surface area contributed by atoms with Crippen molar-refractivity contribution in [2.45, 2.75) is 6.54 Å². The molecule has 0 fully saturated rings. The average molecular weight is 345 g/mol. The van der Waals surface area contributed by atoms with E-state index in [4.69, 9.17) is 34.8 Å². The molecule has 0 saturated carbocycles. The van der Waals surface area contributed by atoms with Crippen LogP contribution >= 0.6 is 34.8 Å². The molecular weight excluding hydrogens is 333 g/mol. The van der Waals surface area contributed by atoms with Crippen LogP contribution in [0.2, 0.25) is 15.1 Å². The number of nitrogens with one attached hydrogen (secondary N) is 1. The minimum Gasteiger partial charge on any atom is -0.465 e. The molecule has 0 aliphatic heterocycles. The number of anilines is 1. The minimum atomic E-state index is -0.363. The highest BCUT2D eigenvalue weighted by atomic mass is 35.5. The second kappa shape index (κ2) is 7.03. The monoisotopic (exact) mass is 343 g/mol. The summed E-state index contributed by atoms with van der Waals surface area (Å²) in [7, 11) is 1.35. The summed E-state index contributed by atoms with van der Waals surface area (Å²) in [6.45, 7) is 0.516. The summed E-state index contributed by atoms with van der Waals surface area (Å²) >= 11 is 18.0. The van der Waals surface area contributed by atoms with Gasteiger partial charge in [-0.05, 0) is 29.8 Å². The predicted molar refractivity (Wildman–Crippen MR) is 86.6 cm³/mol. The number of carbonyl (C=O) groups excluding carboxylic acids is 1. The highest BCUT2D eigenvalue weighted by molar-refractivity contribution is 6.41. The number of hydrogen-bond donors (Lipinski definition) is 1. The maximum Gasteiger partial charge on any atom is 0.337 e. The van der Waals surface area contributed by atoms with Crippen LogP contribution in [-0.2, 0) is 11.3 Å². The summed E-state index contributed by atoms with van der Waals surface area (Å²) in [5, 5.41) is 4.55. The number of halogens is 3. The number of rotatable bonds is 4. The lowest BCUT2D eigenvalue weighted by Crippen LogP contribution is -2.03. The first-order valence-corrected chi connectivity index (χ1v) is 7.20. The van der Waals surface area contributed by atoms with Crippen LogP contribution in [0.5, 0.6) is 0 Å². The van der Waals surface area contributed by atoms with Crippen LogP contribution in [0.15, 0.2) is 36.4 Å². The van der Waals surface area contributed by atoms with Crippen molar-refractivity contribution in [1.29, 1.82) is 0 Å². The molecule has 6 heteroatoms. The van der Waals surface area contributed by atoms with E-state index in [9.17, 15) is 4.79 Å². The van der Waals surface area contributed by atoms with Crippen molar-refractivity contribution in [1.82, 2.24) is 0 Å². The maximum atomic E-state index is 11.3. The molecule has 0 radical (unpaired) electrons. The molecule has 0 saturated heterocycles. The van der Waals surface area contributed by atoms with Gasteiger partial charge in [-0.2, -0.15) is 0 Å². The van der Waals surface area contributed by atoms with E-state index in [1.54, 1.807) is 24.3 Å². The highest BCUT2D eigenvalue weighted by Gasteiger charge is 2.08. The first kappa shape index (κ1) is 16.0. The van der Waals surface area contributed by atoms with Crippen molar-refractivity contribution < 1.29 is 9.53 Å². The summed E-state index contributed by atoms with van der Waals surface area (Å²) in [6, 6.07) is 10.3. The van der Waals surface area contributed by atoms with Gasteiger partial charge in [0.15, 0.2) is 0 Å². The second-order valence-electron chi connectivity index (χ2n) is 4.29. The van der Waals surface area contributed by atoms with Gasteiger partial charge >= 0.3 is 5.97 Å². The number of benzene rings is 2. The number of esters is 1. The van der Waals surface area contributed by atoms with Gasteiger partial charge in [-0.15, -0.1) is 0 Å². The highest BCUT2D eigenvalue weighted by Crippen LogP contribution is 2.33. The number of ether oxygens (including phenoxy) is 1. The molecule has 0 amide bonds. The molecule has 0 aliphatic carbocycles. The molecule has 2 aromatic carbocycles. The summed E-state index contributed by atoms with van der Waals surface area (Å²) < 4.78 is 4.65. The smallest absolute Gasteiger partial charge is 0.337 e. The first-order chi connectivity index (χ1) is 10.0. The molecule has 0 atom stereocenters. The quantitative estimate of drug-likeness (QED) is 0.789. The van der Waals surface area contributed by atoms with E-state index in [1.807, 2.05) is 12.1 Å². The summed E-state index contributed by atoms with van der Waals surface area (Å²) in [4.78, 5) is 11.3. The molecule has 0 aromatic heterocycles. The lowest BCUT2D eigenvalue weighted by molar-refractivity contribution is 0.0600. The van der Waals surface area contributed by atoms with E-state index in [0.717, 1.165) is 5.56 Å². The molecular formula is C15H12Cl3NO2. The van der Waals surface area contributed by atoms with Gasteiger partial charge in [-0.3, -0.25) is 0 Å². The van der Waals surface area contributed by atoms with Crippen molar-refractivity contribution in [2.75, 3.05) is 12.4 Å². The zero-order chi connectivity index (χ0) is 15.4. The third-order valence-corrected chi connectivity index (χ3v) is 3.67. The van der Waals surface area contributed by atoms with Crippen molar-refractivity contribution in [3.8, 4) is 0 Å². The predicted octanol–water partition coefficient (Wildman–Crippen LogP) is 5.05. The standard InChI is InChI=1S/C15H12Cl3NO2/c1-21-15(20)10-4-2-9(3-5-10)8-19-14-12(17)6-11(16)7-13(14)18/h2-7,19H,8H2,1H3. The van der Waals surface area contributed by atoms with Crippen LogP contribution < -0.4 is 5.32 Å². The molecule has 110 valence electrons. The van der Waals surface area contributed by atoms with Crippen molar-refractivity contribution in [3.63, 3.8) is 0 Å². The second-order valence-corrected chi connectivity index (χ2v) is 5.54. The van der Waals surface area contributed by atoms with E-state index in [0.29, 0.717) is 32.9 Å². The topological polar surface area (TPSA) is 38.3 Å². The van der Waals surface area contributed by atoms with E-state index >= 15 is 0 Å². The van der Waals surface area contributed by atoms with Gasteiger partial charge in [0, 0.05) is 11.6 Å². The molecule has 2 aromatic rings. The molecule has 3 nitrogen and oxygen atoms in total. The fraction of sp³-hybridized carbons (Fsp3) is 0.133. The van der Waals surface area contributed by atoms with Gasteiger partial charge < -0.3 is 10.1 Å². The average Bonchev–Trinajstić information content (AvgIpc) is 2.46. The number of hydrogen-bond acceptors (Lipinski definition) is 3. The van der Waals surface area contributed by atoms with Crippen LogP contribution in [0.25, 0.3) is 0 Å². The number of carbonyl (C=O) groups is 1. The van der Waals surface area contributed by atoms with Crippen molar-refractivity contribution in [3.05, 3.63) is 62.6 Å². The third-order valence-electron chi connectivity index (χ3n) is 2.85. The molecule has 0 heterocycles. The zero-order valence-corrected chi connectivity index (χ0v) is 13.4. The molecule has 0 aliphatic rings. The normalized spacial score (nSPS) is 10.3. The lowest BCUT2D eigenvalue weighted by Gasteiger charge is -2.11. The summed E-state index contributed by atoms with van der Waals surface area (Å²) in [5.74, 6) is -0.363. The third kappa shape index (κ3) is 4.03. The van der Waals surface area contributed by atoms with E-state index in [1.165, 1.54) is 7.11 Å². The minimum absolute atomic E-state index is 0.363. The van der Waals surface area contributed by atoms with Crippen LogP contribution in [0.4, 0.5) is 5.69 Å². The largest absolute Gasteiger partial charge is 0.465 e. The fourth-order valence-electron chi connectivity index (χ4n) is 1.78. The Morgan fingerprint density at radius 2 is 1.67 bits per heavy atom. The Kier molecular flexibility index (Phi) is 5.34. The Bertz CT molecular complexity index is 633. The molecule has 1 N–H and O–H groups in total. The number of methoxy groups -OCH3 is 1. The lowest BCUT2D eigenvalue weighted by atomic mass is 10.1. The van der Waals surface area contributed by atoms with Gasteiger partial charge in [-0.25, -0.2) is 4.79 Å². The van der Waals surface area contributed by atoms with Gasteiger partial charge in [-0.1, -0.05) is 46.9 Å². The van der Waals surface area contributed by atoms with E-state index in [-0.39, 0.29) is 5.97 Å². The van der Waals surface area contributed by atoms with Crippen molar-refractivity contribution in [2.24, 2.45) is 0 Å². The van der Waals surface area contributed by atoms with Gasteiger partial charge in [0.25, 0.3) is 0 Å². The Labute approximate surface area is 137 Å². The van der Waals surface area contributed by atoms with Gasteiger partial charge in [0.05, 0.1) is 28.4 Å². The fourth-order valence-corrected chi connectivity index (χ4v) is 2.73. The molecule has 0 bridgehead atoms. The molecule has 2 rings (SSSR count). The van der Waals surface area contributed by atoms with Crippen LogP contribution in [0.1, 0.15) is 15.9 Å². The molecule has 0 spiro atoms. The SMILES string of the molecule is COC(=O)c1ccc(CNc2c(Cl)cc(Cl)cc2Cl)cc1. The first-order valence-electron chi connectivity index (χ1n) is 6.07. The Morgan fingerprint density at radius 3 is 2.19 bits per heavy atom. The van der Waals surface area contributed by atoms with Gasteiger partial charge in [0.2, 0.25) is 0 Å². The van der Waals surface area contributed by atoms with E-state index < -0.39 is 0 Å². The Hall–Kier alpha value is -1.42. The molecule has 0 unspecified atom stereocenters. The van der Waals surface area contributed by atoms with Gasteiger partial charge in [0.1, 0.15) is 0 Å². The van der Waals surface area contributed by atoms with E-state index in [2.05, 4.69) is 10.1 Å². The van der Waals surface area contributed by atoms with Crippen molar-refractivity contribution >= 4 is 46.5 Å². The Balaban J connectivity index is 2.08. The summed E-state index contributed by atoms with van der Waals surface area (Å²) in [5.41, 5.74) is 2.10. The summed E-state index contributed by atoms with van der Waals surface area (Å²) in [6.07, 6.45) is 0. The van der Waals surface area contributed by atoms with Crippen LogP contribution in [0.3, 0.4) is 0 Å². The zero-order valence-electron chi connectivity index (χ0n) is 11.1. The Morgan fingerprint density at radius 1 is 1.10 bits per heavy atom. The van der Waals surface area contributed by atoms with Crippen LogP contribution in [0, 0.1) is 0 Å². The maximum absolute atomic E-state index is 11.3. The van der Waals surface area contributed by atoms with Crippen LogP contribution in [-0.4, -0.2) is 13.1 Å². The molecule has 21 heavy (non-hydrogen) atoms.